The van der Waals surface area contributed by atoms with Crippen LogP contribution in [0.1, 0.15) is 21.5 Å². The van der Waals surface area contributed by atoms with Crippen LogP contribution in [-0.2, 0) is 4.79 Å². The number of ether oxygens (including phenoxy) is 3. The molecule has 0 atom stereocenters. The monoisotopic (exact) mass is 481 g/mol. The van der Waals surface area contributed by atoms with E-state index in [2.05, 4.69) is 15.8 Å². The Hall–Kier alpha value is -4.04. The predicted octanol–water partition coefficient (Wildman–Crippen LogP) is 4.45. The summed E-state index contributed by atoms with van der Waals surface area (Å²) >= 11 is 6.09. The Morgan fingerprint density at radius 2 is 1.74 bits per heavy atom. The molecule has 0 spiro atoms. The summed E-state index contributed by atoms with van der Waals surface area (Å²) in [5.41, 5.74) is 4.90. The molecule has 0 unspecified atom stereocenters. The van der Waals surface area contributed by atoms with Crippen molar-refractivity contribution in [2.45, 2.75) is 6.92 Å². The Bertz CT molecular complexity index is 1200. The van der Waals surface area contributed by atoms with Gasteiger partial charge in [-0.1, -0.05) is 17.7 Å². The Labute approximate surface area is 202 Å². The van der Waals surface area contributed by atoms with E-state index >= 15 is 0 Å². The maximum atomic E-state index is 12.5. The van der Waals surface area contributed by atoms with Crippen LogP contribution in [-0.4, -0.2) is 38.9 Å². The van der Waals surface area contributed by atoms with Crippen molar-refractivity contribution in [2.75, 3.05) is 26.1 Å². The molecule has 2 amide bonds. The fourth-order valence-corrected chi connectivity index (χ4v) is 3.11. The number of nitrogens with one attached hydrogen (secondary N) is 2. The van der Waals surface area contributed by atoms with E-state index in [0.29, 0.717) is 39.1 Å². The van der Waals surface area contributed by atoms with Crippen LogP contribution in [0.3, 0.4) is 0 Å². The molecule has 0 aliphatic carbocycles. The van der Waals surface area contributed by atoms with Crippen LogP contribution < -0.4 is 25.0 Å². The molecular formula is C25H24ClN3O5. The molecule has 176 valence electrons. The number of nitrogens with zero attached hydrogens (tertiary/aromatic N) is 1. The van der Waals surface area contributed by atoms with Gasteiger partial charge in [-0.05, 0) is 67.1 Å². The minimum absolute atomic E-state index is 0.250. The molecule has 3 aromatic rings. The van der Waals surface area contributed by atoms with Gasteiger partial charge < -0.3 is 19.5 Å². The molecular weight excluding hydrogens is 458 g/mol. The molecule has 0 aromatic heterocycles. The molecule has 0 aliphatic rings. The Morgan fingerprint density at radius 3 is 2.44 bits per heavy atom. The van der Waals surface area contributed by atoms with Crippen molar-refractivity contribution in [1.29, 1.82) is 0 Å². The summed E-state index contributed by atoms with van der Waals surface area (Å²) in [6.07, 6.45) is 1.45. The average Bonchev–Trinajstić information content (AvgIpc) is 2.85. The molecule has 9 heteroatoms. The van der Waals surface area contributed by atoms with Crippen LogP contribution >= 0.6 is 11.6 Å². The maximum Gasteiger partial charge on any atom is 0.277 e. The average molecular weight is 482 g/mol. The van der Waals surface area contributed by atoms with Crippen molar-refractivity contribution >= 4 is 35.3 Å². The topological polar surface area (TPSA) is 98.2 Å². The van der Waals surface area contributed by atoms with Crippen LogP contribution in [0.25, 0.3) is 0 Å². The predicted molar refractivity (Wildman–Crippen MR) is 131 cm³/mol. The number of hydrogen-bond donors (Lipinski definition) is 2. The number of hydrazone groups is 1. The molecule has 3 rings (SSSR count). The minimum atomic E-state index is -0.448. The number of halogens is 1. The van der Waals surface area contributed by atoms with E-state index in [1.54, 1.807) is 74.9 Å². The van der Waals surface area contributed by atoms with E-state index in [1.165, 1.54) is 6.21 Å². The molecule has 0 aliphatic heterocycles. The Morgan fingerprint density at radius 1 is 1.00 bits per heavy atom. The van der Waals surface area contributed by atoms with Crippen LogP contribution in [0, 0.1) is 6.92 Å². The number of rotatable bonds is 9. The van der Waals surface area contributed by atoms with Crippen LogP contribution in [0.5, 0.6) is 17.2 Å². The third-order valence-corrected chi connectivity index (χ3v) is 5.24. The lowest BCUT2D eigenvalue weighted by molar-refractivity contribution is -0.123. The summed E-state index contributed by atoms with van der Waals surface area (Å²) < 4.78 is 15.9. The van der Waals surface area contributed by atoms with Gasteiger partial charge in [0.1, 0.15) is 17.2 Å². The zero-order valence-corrected chi connectivity index (χ0v) is 19.7. The van der Waals surface area contributed by atoms with Crippen molar-refractivity contribution in [1.82, 2.24) is 5.43 Å². The number of methoxy groups -OCH3 is 2. The zero-order chi connectivity index (χ0) is 24.5. The van der Waals surface area contributed by atoms with Gasteiger partial charge in [-0.25, -0.2) is 5.43 Å². The van der Waals surface area contributed by atoms with Gasteiger partial charge >= 0.3 is 0 Å². The minimum Gasteiger partial charge on any atom is -0.497 e. The molecule has 2 N–H and O–H groups in total. The molecule has 0 heterocycles. The number of carbonyl (C=O) groups excluding carboxylic acids is 2. The highest BCUT2D eigenvalue weighted by Gasteiger charge is 2.10. The highest BCUT2D eigenvalue weighted by Crippen LogP contribution is 2.24. The SMILES string of the molecule is COc1ccc(OC)c(C=NNC(=O)COc2ccc(C(=O)Nc3cccc(Cl)c3C)cc2)c1. The highest BCUT2D eigenvalue weighted by molar-refractivity contribution is 6.31. The lowest BCUT2D eigenvalue weighted by Crippen LogP contribution is -2.24. The quantitative estimate of drug-likeness (QED) is 0.347. The van der Waals surface area contributed by atoms with Crippen molar-refractivity contribution in [2.24, 2.45) is 5.10 Å². The van der Waals surface area contributed by atoms with Gasteiger partial charge in [0.15, 0.2) is 6.61 Å². The second-order valence-electron chi connectivity index (χ2n) is 7.08. The summed E-state index contributed by atoms with van der Waals surface area (Å²) in [5, 5.41) is 7.33. The number of carbonyl (C=O) groups is 2. The first-order chi connectivity index (χ1) is 16.4. The van der Waals surface area contributed by atoms with E-state index in [9.17, 15) is 9.59 Å². The second-order valence-corrected chi connectivity index (χ2v) is 7.49. The van der Waals surface area contributed by atoms with Gasteiger partial charge in [-0.15, -0.1) is 0 Å². The number of benzene rings is 3. The molecule has 0 bridgehead atoms. The third kappa shape index (κ3) is 6.49. The van der Waals surface area contributed by atoms with Crippen molar-refractivity contribution < 1.29 is 23.8 Å². The zero-order valence-electron chi connectivity index (χ0n) is 18.9. The van der Waals surface area contributed by atoms with E-state index in [-0.39, 0.29) is 12.5 Å². The molecule has 3 aromatic carbocycles. The summed E-state index contributed by atoms with van der Waals surface area (Å²) in [5.74, 6) is 0.929. The van der Waals surface area contributed by atoms with Gasteiger partial charge in [0.2, 0.25) is 0 Å². The molecule has 8 nitrogen and oxygen atoms in total. The molecule has 0 saturated carbocycles. The third-order valence-electron chi connectivity index (χ3n) is 4.83. The lowest BCUT2D eigenvalue weighted by atomic mass is 10.1. The molecule has 0 radical (unpaired) electrons. The summed E-state index contributed by atoms with van der Waals surface area (Å²) in [6.45, 7) is 1.58. The van der Waals surface area contributed by atoms with Crippen molar-refractivity contribution in [3.8, 4) is 17.2 Å². The van der Waals surface area contributed by atoms with Crippen molar-refractivity contribution in [3.63, 3.8) is 0 Å². The standard InChI is InChI=1S/C25H24ClN3O5/c1-16-21(26)5-4-6-22(16)28-25(31)17-7-9-19(10-8-17)34-15-24(30)29-27-14-18-13-20(32-2)11-12-23(18)33-3/h4-14H,15H2,1-3H3,(H,28,31)(H,29,30). The van der Waals surface area contributed by atoms with E-state index in [0.717, 1.165) is 5.56 Å². The number of hydrogen-bond acceptors (Lipinski definition) is 6. The van der Waals surface area contributed by atoms with Crippen LogP contribution in [0.2, 0.25) is 5.02 Å². The van der Waals surface area contributed by atoms with E-state index in [1.807, 2.05) is 6.92 Å². The summed E-state index contributed by atoms with van der Waals surface area (Å²) in [4.78, 5) is 24.5. The number of anilines is 1. The van der Waals surface area contributed by atoms with Gasteiger partial charge in [0.25, 0.3) is 11.8 Å². The van der Waals surface area contributed by atoms with Gasteiger partial charge in [0.05, 0.1) is 20.4 Å². The van der Waals surface area contributed by atoms with Crippen LogP contribution in [0.4, 0.5) is 5.69 Å². The molecule has 0 fully saturated rings. The Kier molecular flexibility index (Phi) is 8.48. The molecule has 34 heavy (non-hydrogen) atoms. The lowest BCUT2D eigenvalue weighted by Gasteiger charge is -2.10. The van der Waals surface area contributed by atoms with E-state index < -0.39 is 5.91 Å². The van der Waals surface area contributed by atoms with Crippen LogP contribution in [0.15, 0.2) is 65.8 Å². The summed E-state index contributed by atoms with van der Waals surface area (Å²) in [6, 6.07) is 17.0. The second kappa shape index (κ2) is 11.7. The highest BCUT2D eigenvalue weighted by atomic mass is 35.5. The smallest absolute Gasteiger partial charge is 0.277 e. The fraction of sp³-hybridized carbons (Fsp3) is 0.160. The van der Waals surface area contributed by atoms with Crippen molar-refractivity contribution in [3.05, 3.63) is 82.4 Å². The maximum absolute atomic E-state index is 12.5. The first-order valence-corrected chi connectivity index (χ1v) is 10.6. The van der Waals surface area contributed by atoms with Gasteiger partial charge in [-0.3, -0.25) is 9.59 Å². The largest absolute Gasteiger partial charge is 0.497 e. The first-order valence-electron chi connectivity index (χ1n) is 10.2. The van der Waals surface area contributed by atoms with E-state index in [4.69, 9.17) is 25.8 Å². The molecule has 0 saturated heterocycles. The van der Waals surface area contributed by atoms with Gasteiger partial charge in [-0.2, -0.15) is 5.10 Å². The summed E-state index contributed by atoms with van der Waals surface area (Å²) in [7, 11) is 3.10. The first kappa shape index (κ1) is 24.6. The fourth-order valence-electron chi connectivity index (χ4n) is 2.94. The van der Waals surface area contributed by atoms with Gasteiger partial charge in [0, 0.05) is 21.8 Å². The Balaban J connectivity index is 1.51. The normalized spacial score (nSPS) is 10.6. The number of amides is 2.